The number of hydrogen-bond donors (Lipinski definition) is 1. The van der Waals surface area contributed by atoms with Gasteiger partial charge in [-0.1, -0.05) is 36.2 Å². The van der Waals surface area contributed by atoms with Gasteiger partial charge in [-0.2, -0.15) is 0 Å². The largest absolute Gasteiger partial charge is 0.481 e. The van der Waals surface area contributed by atoms with Crippen LogP contribution in [0.3, 0.4) is 0 Å². The number of fused-ring (bicyclic) bond motifs is 2. The first-order chi connectivity index (χ1) is 18.2. The van der Waals surface area contributed by atoms with Crippen molar-refractivity contribution in [2.24, 2.45) is 5.92 Å². The molecule has 2 unspecified atom stereocenters. The quantitative estimate of drug-likeness (QED) is 0.383. The van der Waals surface area contributed by atoms with Crippen molar-refractivity contribution in [1.82, 2.24) is 29.7 Å². The normalized spacial score (nSPS) is 22.6. The van der Waals surface area contributed by atoms with Crippen molar-refractivity contribution in [1.29, 1.82) is 0 Å². The van der Waals surface area contributed by atoms with Crippen LogP contribution in [0.25, 0.3) is 11.5 Å². The van der Waals surface area contributed by atoms with Crippen LogP contribution in [0.1, 0.15) is 51.5 Å². The lowest BCUT2D eigenvalue weighted by Gasteiger charge is -2.39. The van der Waals surface area contributed by atoms with Crippen LogP contribution in [0.5, 0.6) is 5.88 Å². The zero-order chi connectivity index (χ0) is 27.1. The summed E-state index contributed by atoms with van der Waals surface area (Å²) in [5.74, 6) is 1.67. The standard InChI is InChI=1S/C25H30ClN7O4S/c1-15-10-17-8-9-25(11-15,12-17)33-23(19-6-5-7-20(29-19)36-3)30-31-24(33)32-38(34,35)16(2)21(37-4)22-27-13-18(26)14-28-22/h5-8,13-16,21H,9-12H2,1-4H3,(H,31,32)/t15?,16-,21-,25?/m0/s1. The van der Waals surface area contributed by atoms with Crippen LogP contribution in [0.4, 0.5) is 5.95 Å². The van der Waals surface area contributed by atoms with Gasteiger partial charge in [-0.15, -0.1) is 10.2 Å². The first-order valence-corrected chi connectivity index (χ1v) is 14.3. The van der Waals surface area contributed by atoms with Crippen LogP contribution in [0.15, 0.2) is 42.2 Å². The Kier molecular flexibility index (Phi) is 7.14. The average molecular weight is 560 g/mol. The molecule has 0 aliphatic heterocycles. The predicted octanol–water partition coefficient (Wildman–Crippen LogP) is 4.16. The van der Waals surface area contributed by atoms with Gasteiger partial charge < -0.3 is 9.47 Å². The van der Waals surface area contributed by atoms with Crippen LogP contribution in [-0.4, -0.2) is 57.6 Å². The van der Waals surface area contributed by atoms with Gasteiger partial charge in [-0.05, 0) is 44.6 Å². The lowest BCUT2D eigenvalue weighted by molar-refractivity contribution is 0.0950. The Bertz CT molecular complexity index is 1460. The molecule has 0 aromatic carbocycles. The molecule has 2 bridgehead atoms. The van der Waals surface area contributed by atoms with E-state index in [1.165, 1.54) is 32.0 Å². The number of allylic oxidation sites excluding steroid dienone is 2. The smallest absolute Gasteiger partial charge is 0.240 e. The summed E-state index contributed by atoms with van der Waals surface area (Å²) < 4.78 is 42.8. The molecular formula is C25H30ClN7O4S. The minimum Gasteiger partial charge on any atom is -0.481 e. The summed E-state index contributed by atoms with van der Waals surface area (Å²) in [6.07, 6.45) is 7.57. The molecule has 202 valence electrons. The average Bonchev–Trinajstić information content (AvgIpc) is 3.46. The Morgan fingerprint density at radius 2 is 1.97 bits per heavy atom. The van der Waals surface area contributed by atoms with E-state index in [0.717, 1.165) is 25.7 Å². The van der Waals surface area contributed by atoms with Crippen LogP contribution in [0.2, 0.25) is 5.02 Å². The summed E-state index contributed by atoms with van der Waals surface area (Å²) in [6, 6.07) is 5.38. The molecule has 4 atom stereocenters. The van der Waals surface area contributed by atoms with E-state index in [1.54, 1.807) is 13.2 Å². The zero-order valence-corrected chi connectivity index (χ0v) is 23.2. The minimum absolute atomic E-state index is 0.132. The van der Waals surface area contributed by atoms with Gasteiger partial charge in [0.1, 0.15) is 17.0 Å². The lowest BCUT2D eigenvalue weighted by atomic mass is 9.77. The van der Waals surface area contributed by atoms with Crippen LogP contribution < -0.4 is 9.46 Å². The third kappa shape index (κ3) is 4.87. The van der Waals surface area contributed by atoms with Crippen molar-refractivity contribution < 1.29 is 17.9 Å². The van der Waals surface area contributed by atoms with Gasteiger partial charge >= 0.3 is 0 Å². The molecule has 1 saturated carbocycles. The van der Waals surface area contributed by atoms with Gasteiger partial charge in [-0.25, -0.2) is 23.4 Å². The summed E-state index contributed by atoms with van der Waals surface area (Å²) in [4.78, 5) is 12.9. The van der Waals surface area contributed by atoms with Crippen LogP contribution in [-0.2, 0) is 20.3 Å². The molecule has 5 rings (SSSR count). The Balaban J connectivity index is 1.56. The van der Waals surface area contributed by atoms with Crippen molar-refractivity contribution in [2.45, 2.75) is 56.4 Å². The molecular weight excluding hydrogens is 530 g/mol. The van der Waals surface area contributed by atoms with Crippen LogP contribution >= 0.6 is 11.6 Å². The van der Waals surface area contributed by atoms with E-state index in [9.17, 15) is 8.42 Å². The van der Waals surface area contributed by atoms with Gasteiger partial charge in [0.15, 0.2) is 11.6 Å². The second kappa shape index (κ2) is 10.2. The Morgan fingerprint density at radius 1 is 1.21 bits per heavy atom. The number of anilines is 1. The van der Waals surface area contributed by atoms with Gasteiger partial charge in [-0.3, -0.25) is 9.29 Å². The number of aromatic nitrogens is 6. The highest BCUT2D eigenvalue weighted by molar-refractivity contribution is 7.93. The van der Waals surface area contributed by atoms with Gasteiger partial charge in [0.05, 0.1) is 17.7 Å². The number of pyridine rings is 1. The van der Waals surface area contributed by atoms with Crippen LogP contribution in [0, 0.1) is 5.92 Å². The number of nitrogens with zero attached hydrogens (tertiary/aromatic N) is 6. The second-order valence-electron chi connectivity index (χ2n) is 10.00. The number of nitrogens with one attached hydrogen (secondary N) is 1. The van der Waals surface area contributed by atoms with E-state index in [0.29, 0.717) is 28.3 Å². The second-order valence-corrected chi connectivity index (χ2v) is 12.5. The number of methoxy groups -OCH3 is 2. The van der Waals surface area contributed by atoms with Crippen molar-refractivity contribution in [3.8, 4) is 17.4 Å². The molecule has 11 nitrogen and oxygen atoms in total. The molecule has 0 spiro atoms. The third-order valence-corrected chi connectivity index (χ3v) is 9.15. The van der Waals surface area contributed by atoms with Gasteiger partial charge in [0.2, 0.25) is 21.9 Å². The molecule has 1 N–H and O–H groups in total. The fraction of sp³-hybridized carbons (Fsp3) is 0.480. The summed E-state index contributed by atoms with van der Waals surface area (Å²) in [6.45, 7) is 3.75. The summed E-state index contributed by atoms with van der Waals surface area (Å²) >= 11 is 5.91. The summed E-state index contributed by atoms with van der Waals surface area (Å²) in [5, 5.41) is 8.03. The highest BCUT2D eigenvalue weighted by Crippen LogP contribution is 2.51. The molecule has 2 aliphatic rings. The molecule has 3 heterocycles. The lowest BCUT2D eigenvalue weighted by Crippen LogP contribution is -2.39. The van der Waals surface area contributed by atoms with Crippen molar-refractivity contribution in [2.75, 3.05) is 18.9 Å². The summed E-state index contributed by atoms with van der Waals surface area (Å²) in [7, 11) is -1.07. The molecule has 3 aromatic heterocycles. The monoisotopic (exact) mass is 559 g/mol. The maximum atomic E-state index is 13.7. The maximum absolute atomic E-state index is 13.7. The molecule has 0 radical (unpaired) electrons. The molecule has 0 saturated heterocycles. The molecule has 1 fully saturated rings. The predicted molar refractivity (Wildman–Crippen MR) is 142 cm³/mol. The highest BCUT2D eigenvalue weighted by Gasteiger charge is 2.45. The van der Waals surface area contributed by atoms with E-state index < -0.39 is 26.9 Å². The molecule has 3 aromatic rings. The first kappa shape index (κ1) is 26.5. The SMILES string of the molecule is COc1cccc(-c2nnc(NS(=O)(=O)[C@@H](C)[C@H](OC)c3ncc(Cl)cn3)n2C23CC=C(CC(C)C2)C3)n1. The number of hydrogen-bond acceptors (Lipinski definition) is 9. The Labute approximate surface area is 226 Å². The zero-order valence-electron chi connectivity index (χ0n) is 21.6. The molecule has 0 amide bonds. The highest BCUT2D eigenvalue weighted by atomic mass is 35.5. The number of rotatable bonds is 9. The van der Waals surface area contributed by atoms with E-state index in [2.05, 4.69) is 42.9 Å². The van der Waals surface area contributed by atoms with Crippen molar-refractivity contribution >= 4 is 27.6 Å². The Hall–Kier alpha value is -3.09. The molecule has 13 heteroatoms. The van der Waals surface area contributed by atoms with Crippen molar-refractivity contribution in [3.05, 3.63) is 53.1 Å². The molecule has 38 heavy (non-hydrogen) atoms. The number of halogens is 1. The number of sulfonamides is 1. The first-order valence-electron chi connectivity index (χ1n) is 12.3. The topological polar surface area (TPSA) is 134 Å². The fourth-order valence-corrected chi connectivity index (χ4v) is 6.85. The van der Waals surface area contributed by atoms with Gasteiger partial charge in [0.25, 0.3) is 0 Å². The number of ether oxygens (including phenoxy) is 2. The van der Waals surface area contributed by atoms with E-state index in [1.807, 2.05) is 16.7 Å². The fourth-order valence-electron chi connectivity index (χ4n) is 5.62. The summed E-state index contributed by atoms with van der Waals surface area (Å²) in [5.41, 5.74) is 1.50. The van der Waals surface area contributed by atoms with Gasteiger partial charge in [0, 0.05) is 25.6 Å². The van der Waals surface area contributed by atoms with E-state index >= 15 is 0 Å². The maximum Gasteiger partial charge on any atom is 0.240 e. The Morgan fingerprint density at radius 3 is 2.68 bits per heavy atom. The molecule has 2 aliphatic carbocycles. The third-order valence-electron chi connectivity index (χ3n) is 7.26. The van der Waals surface area contributed by atoms with E-state index in [-0.39, 0.29) is 11.8 Å². The van der Waals surface area contributed by atoms with Crippen molar-refractivity contribution in [3.63, 3.8) is 0 Å². The van der Waals surface area contributed by atoms with E-state index in [4.69, 9.17) is 21.1 Å². The minimum atomic E-state index is -4.03.